The quantitative estimate of drug-likeness (QED) is 0.670. The SMILES string of the molecule is CC(C)(O)C(=O)c1[c]cccc1. The fraction of sp³-hybridized carbons (Fsp3) is 0.300. The lowest BCUT2D eigenvalue weighted by atomic mass is 9.97. The molecule has 12 heavy (non-hydrogen) atoms. The molecule has 0 aromatic heterocycles. The third-order valence-corrected chi connectivity index (χ3v) is 1.51. The summed E-state index contributed by atoms with van der Waals surface area (Å²) in [5, 5.41) is 9.37. The van der Waals surface area contributed by atoms with E-state index >= 15 is 0 Å². The molecule has 0 bridgehead atoms. The lowest BCUT2D eigenvalue weighted by Gasteiger charge is -2.14. The van der Waals surface area contributed by atoms with E-state index in [2.05, 4.69) is 6.07 Å². The Morgan fingerprint density at radius 3 is 2.58 bits per heavy atom. The molecule has 1 aromatic rings. The molecule has 0 atom stereocenters. The van der Waals surface area contributed by atoms with E-state index < -0.39 is 5.60 Å². The molecule has 2 heteroatoms. The van der Waals surface area contributed by atoms with Gasteiger partial charge in [0.1, 0.15) is 5.60 Å². The zero-order valence-electron chi connectivity index (χ0n) is 7.16. The highest BCUT2D eigenvalue weighted by molar-refractivity contribution is 6.01. The second-order valence-electron chi connectivity index (χ2n) is 3.16. The summed E-state index contributed by atoms with van der Waals surface area (Å²) >= 11 is 0. The predicted molar refractivity (Wildman–Crippen MR) is 45.9 cm³/mol. The van der Waals surface area contributed by atoms with Crippen molar-refractivity contribution in [1.29, 1.82) is 0 Å². The van der Waals surface area contributed by atoms with Crippen LogP contribution in [-0.2, 0) is 0 Å². The third-order valence-electron chi connectivity index (χ3n) is 1.51. The standard InChI is InChI=1S/C10H11O2/c1-10(2,12)9(11)8-6-4-3-5-7-8/h3-6,12H,1-2H3. The lowest BCUT2D eigenvalue weighted by Crippen LogP contribution is -2.31. The number of aliphatic hydroxyl groups is 1. The molecule has 0 amide bonds. The minimum atomic E-state index is -1.31. The van der Waals surface area contributed by atoms with Crippen LogP contribution in [0.25, 0.3) is 0 Å². The van der Waals surface area contributed by atoms with Crippen LogP contribution in [0.15, 0.2) is 24.3 Å². The summed E-state index contributed by atoms with van der Waals surface area (Å²) < 4.78 is 0. The highest BCUT2D eigenvalue weighted by Gasteiger charge is 2.24. The highest BCUT2D eigenvalue weighted by Crippen LogP contribution is 2.10. The Hall–Kier alpha value is -1.15. The first-order valence-electron chi connectivity index (χ1n) is 3.76. The topological polar surface area (TPSA) is 37.3 Å². The van der Waals surface area contributed by atoms with Crippen molar-refractivity contribution >= 4 is 5.78 Å². The zero-order valence-corrected chi connectivity index (χ0v) is 7.16. The molecule has 2 nitrogen and oxygen atoms in total. The second kappa shape index (κ2) is 3.07. The Kier molecular flexibility index (Phi) is 2.29. The van der Waals surface area contributed by atoms with Gasteiger partial charge in [-0.05, 0) is 19.9 Å². The summed E-state index contributed by atoms with van der Waals surface area (Å²) in [5.74, 6) is -0.303. The monoisotopic (exact) mass is 163 g/mol. The summed E-state index contributed by atoms with van der Waals surface area (Å²) in [6.45, 7) is 2.94. The van der Waals surface area contributed by atoms with Crippen LogP contribution >= 0.6 is 0 Å². The summed E-state index contributed by atoms with van der Waals surface area (Å²) in [6, 6.07) is 9.58. The van der Waals surface area contributed by atoms with Gasteiger partial charge in [0.05, 0.1) is 0 Å². The van der Waals surface area contributed by atoms with Crippen LogP contribution in [0, 0.1) is 6.07 Å². The van der Waals surface area contributed by atoms with Crippen LogP contribution in [0.3, 0.4) is 0 Å². The normalized spacial score (nSPS) is 11.2. The minimum absolute atomic E-state index is 0.303. The van der Waals surface area contributed by atoms with Crippen molar-refractivity contribution < 1.29 is 9.90 Å². The van der Waals surface area contributed by atoms with E-state index in [1.165, 1.54) is 13.8 Å². The van der Waals surface area contributed by atoms with Crippen molar-refractivity contribution in [3.8, 4) is 0 Å². The van der Waals surface area contributed by atoms with E-state index in [-0.39, 0.29) is 5.78 Å². The Morgan fingerprint density at radius 2 is 2.17 bits per heavy atom. The summed E-state index contributed by atoms with van der Waals surface area (Å²) in [4.78, 5) is 11.4. The molecule has 1 aromatic carbocycles. The van der Waals surface area contributed by atoms with Crippen LogP contribution in [0.5, 0.6) is 0 Å². The van der Waals surface area contributed by atoms with Gasteiger partial charge in [-0.25, -0.2) is 0 Å². The van der Waals surface area contributed by atoms with E-state index in [0.717, 1.165) is 0 Å². The molecular formula is C10H11O2. The van der Waals surface area contributed by atoms with Gasteiger partial charge in [-0.2, -0.15) is 0 Å². The first-order chi connectivity index (χ1) is 5.52. The molecule has 0 fully saturated rings. The number of rotatable bonds is 2. The van der Waals surface area contributed by atoms with Crippen LogP contribution in [0.2, 0.25) is 0 Å². The number of benzene rings is 1. The van der Waals surface area contributed by atoms with Crippen LogP contribution in [0.1, 0.15) is 24.2 Å². The molecule has 1 rings (SSSR count). The van der Waals surface area contributed by atoms with E-state index in [9.17, 15) is 9.90 Å². The zero-order chi connectivity index (χ0) is 9.19. The Balaban J connectivity index is 2.94. The van der Waals surface area contributed by atoms with Gasteiger partial charge in [-0.15, -0.1) is 0 Å². The molecule has 0 unspecified atom stereocenters. The Labute approximate surface area is 71.8 Å². The number of ketones is 1. The maximum Gasteiger partial charge on any atom is 0.194 e. The van der Waals surface area contributed by atoms with Crippen molar-refractivity contribution in [2.45, 2.75) is 19.4 Å². The molecule has 0 spiro atoms. The van der Waals surface area contributed by atoms with Gasteiger partial charge in [0.2, 0.25) is 0 Å². The molecule has 0 heterocycles. The van der Waals surface area contributed by atoms with Gasteiger partial charge < -0.3 is 5.11 Å². The first kappa shape index (κ1) is 8.94. The molecule has 1 N–H and O–H groups in total. The van der Waals surface area contributed by atoms with Crippen LogP contribution < -0.4 is 0 Å². The highest BCUT2D eigenvalue weighted by atomic mass is 16.3. The number of Topliss-reactive ketones (excluding diaryl/α,β-unsaturated/α-hetero) is 1. The molecule has 63 valence electrons. The average Bonchev–Trinajstić information content (AvgIpc) is 2.03. The van der Waals surface area contributed by atoms with Crippen molar-refractivity contribution in [2.24, 2.45) is 0 Å². The predicted octanol–water partition coefficient (Wildman–Crippen LogP) is 1.44. The maximum absolute atomic E-state index is 11.4. The largest absolute Gasteiger partial charge is 0.382 e. The Bertz CT molecular complexity index is 270. The molecule has 0 saturated heterocycles. The number of carbonyl (C=O) groups excluding carboxylic acids is 1. The number of carbonyl (C=O) groups is 1. The molecule has 1 radical (unpaired) electrons. The van der Waals surface area contributed by atoms with Gasteiger partial charge in [0.15, 0.2) is 5.78 Å². The second-order valence-corrected chi connectivity index (χ2v) is 3.16. The maximum atomic E-state index is 11.4. The van der Waals surface area contributed by atoms with Crippen molar-refractivity contribution in [1.82, 2.24) is 0 Å². The van der Waals surface area contributed by atoms with Gasteiger partial charge in [0, 0.05) is 5.56 Å². The molecule has 0 aliphatic carbocycles. The van der Waals surface area contributed by atoms with Crippen LogP contribution in [-0.4, -0.2) is 16.5 Å². The average molecular weight is 163 g/mol. The van der Waals surface area contributed by atoms with E-state index in [4.69, 9.17) is 0 Å². The summed E-state index contributed by atoms with van der Waals surface area (Å²) in [7, 11) is 0. The molecule has 0 aliphatic heterocycles. The molecule has 0 saturated carbocycles. The lowest BCUT2D eigenvalue weighted by molar-refractivity contribution is 0.0487. The van der Waals surface area contributed by atoms with Gasteiger partial charge in [-0.3, -0.25) is 4.79 Å². The van der Waals surface area contributed by atoms with Gasteiger partial charge >= 0.3 is 0 Å². The van der Waals surface area contributed by atoms with E-state index in [1.807, 2.05) is 0 Å². The van der Waals surface area contributed by atoms with Crippen molar-refractivity contribution in [3.05, 3.63) is 35.9 Å². The third kappa shape index (κ3) is 1.92. The Morgan fingerprint density at radius 1 is 1.50 bits per heavy atom. The summed E-state index contributed by atoms with van der Waals surface area (Å²) in [5.41, 5.74) is -0.886. The number of hydrogen-bond acceptors (Lipinski definition) is 2. The fourth-order valence-corrected chi connectivity index (χ4v) is 0.864. The first-order valence-corrected chi connectivity index (χ1v) is 3.76. The molecule has 0 aliphatic rings. The van der Waals surface area contributed by atoms with Crippen molar-refractivity contribution in [2.75, 3.05) is 0 Å². The fourth-order valence-electron chi connectivity index (χ4n) is 0.864. The van der Waals surface area contributed by atoms with Gasteiger partial charge in [-0.1, -0.05) is 24.3 Å². The molecular weight excluding hydrogens is 152 g/mol. The smallest absolute Gasteiger partial charge is 0.194 e. The van der Waals surface area contributed by atoms with Crippen molar-refractivity contribution in [3.63, 3.8) is 0 Å². The van der Waals surface area contributed by atoms with E-state index in [0.29, 0.717) is 5.56 Å². The number of hydrogen-bond donors (Lipinski definition) is 1. The van der Waals surface area contributed by atoms with Gasteiger partial charge in [0.25, 0.3) is 0 Å². The summed E-state index contributed by atoms with van der Waals surface area (Å²) in [6.07, 6.45) is 0. The van der Waals surface area contributed by atoms with Crippen LogP contribution in [0.4, 0.5) is 0 Å². The van der Waals surface area contributed by atoms with E-state index in [1.54, 1.807) is 24.3 Å². The minimum Gasteiger partial charge on any atom is -0.382 e.